The lowest BCUT2D eigenvalue weighted by Gasteiger charge is -2.22. The molecule has 7 nitrogen and oxygen atoms in total. The van der Waals surface area contributed by atoms with Gasteiger partial charge in [0, 0.05) is 10.6 Å². The molecule has 9 heteroatoms. The fourth-order valence-corrected chi connectivity index (χ4v) is 4.20. The summed E-state index contributed by atoms with van der Waals surface area (Å²) < 4.78 is 15.0. The van der Waals surface area contributed by atoms with Crippen LogP contribution >= 0.6 is 21.6 Å². The highest BCUT2D eigenvalue weighted by molar-refractivity contribution is 8.76. The van der Waals surface area contributed by atoms with Crippen LogP contribution in [0.15, 0.2) is 29.2 Å². The molecular formula is C18H25NO6S2. The highest BCUT2D eigenvalue weighted by Gasteiger charge is 2.26. The largest absolute Gasteiger partial charge is 0.465 e. The van der Waals surface area contributed by atoms with Crippen LogP contribution in [0.3, 0.4) is 0 Å². The number of nitrogens with one attached hydrogen (secondary N) is 1. The average molecular weight is 416 g/mol. The first-order valence-corrected chi connectivity index (χ1v) is 10.6. The highest BCUT2D eigenvalue weighted by atomic mass is 33.1. The average Bonchev–Trinajstić information content (AvgIpc) is 2.59. The number of hydrogen-bond acceptors (Lipinski definition) is 8. The molecule has 0 spiro atoms. The van der Waals surface area contributed by atoms with Crippen LogP contribution in [0.25, 0.3) is 0 Å². The van der Waals surface area contributed by atoms with Crippen LogP contribution in [0.1, 0.15) is 38.1 Å². The molecule has 0 aromatic heterocycles. The van der Waals surface area contributed by atoms with Crippen molar-refractivity contribution < 1.29 is 28.6 Å². The third-order valence-electron chi connectivity index (χ3n) is 2.94. The van der Waals surface area contributed by atoms with Crippen LogP contribution in [0.4, 0.5) is 4.79 Å². The van der Waals surface area contributed by atoms with Crippen LogP contribution in [0.5, 0.6) is 0 Å². The number of rotatable bonds is 8. The normalized spacial score (nSPS) is 12.0. The van der Waals surface area contributed by atoms with Crippen molar-refractivity contribution in [1.29, 1.82) is 0 Å². The van der Waals surface area contributed by atoms with Gasteiger partial charge in [0.05, 0.1) is 19.3 Å². The zero-order valence-electron chi connectivity index (χ0n) is 16.1. The maximum atomic E-state index is 12.1. The second-order valence-corrected chi connectivity index (χ2v) is 8.69. The molecule has 1 rings (SSSR count). The molecule has 0 fully saturated rings. The van der Waals surface area contributed by atoms with Gasteiger partial charge in [-0.05, 0) is 39.8 Å². The molecule has 150 valence electrons. The minimum atomic E-state index is -0.873. The van der Waals surface area contributed by atoms with E-state index in [4.69, 9.17) is 14.2 Å². The number of carbonyl (C=O) groups is 3. The Labute approximate surface area is 167 Å². The summed E-state index contributed by atoms with van der Waals surface area (Å²) in [6.45, 7) is 7.10. The van der Waals surface area contributed by atoms with Gasteiger partial charge in [-0.3, -0.25) is 0 Å². The minimum absolute atomic E-state index is 0.203. The van der Waals surface area contributed by atoms with E-state index in [1.165, 1.54) is 28.7 Å². The van der Waals surface area contributed by atoms with Crippen molar-refractivity contribution in [2.75, 3.05) is 19.5 Å². The smallest absolute Gasteiger partial charge is 0.408 e. The number of hydrogen-bond donors (Lipinski definition) is 1. The van der Waals surface area contributed by atoms with Crippen LogP contribution in [0, 0.1) is 0 Å². The van der Waals surface area contributed by atoms with Gasteiger partial charge in [0.25, 0.3) is 0 Å². The van der Waals surface area contributed by atoms with Crippen LogP contribution in [-0.2, 0) is 19.0 Å². The Bertz CT molecular complexity index is 659. The van der Waals surface area contributed by atoms with Crippen molar-refractivity contribution in [2.24, 2.45) is 0 Å². The predicted molar refractivity (Wildman–Crippen MR) is 106 cm³/mol. The van der Waals surface area contributed by atoms with Gasteiger partial charge in [-0.2, -0.15) is 0 Å². The summed E-state index contributed by atoms with van der Waals surface area (Å²) >= 11 is 0. The number of esters is 2. The van der Waals surface area contributed by atoms with Crippen molar-refractivity contribution in [2.45, 2.75) is 44.2 Å². The summed E-state index contributed by atoms with van der Waals surface area (Å²) in [4.78, 5) is 36.6. The number of methoxy groups -OCH3 is 1. The molecule has 1 atom stereocenters. The van der Waals surface area contributed by atoms with Crippen LogP contribution in [-0.4, -0.2) is 49.1 Å². The summed E-state index contributed by atoms with van der Waals surface area (Å²) in [5.41, 5.74) is -0.241. The van der Waals surface area contributed by atoms with Gasteiger partial charge in [-0.15, -0.1) is 0 Å². The Kier molecular flexibility index (Phi) is 9.51. The second kappa shape index (κ2) is 11.1. The molecule has 1 amide bonds. The van der Waals surface area contributed by atoms with E-state index in [0.717, 1.165) is 0 Å². The Morgan fingerprint density at radius 2 is 1.85 bits per heavy atom. The number of carbonyl (C=O) groups excluding carboxylic acids is 3. The first-order valence-electron chi connectivity index (χ1n) is 8.31. The van der Waals surface area contributed by atoms with Crippen LogP contribution < -0.4 is 5.32 Å². The molecule has 1 aromatic carbocycles. The molecule has 1 unspecified atom stereocenters. The van der Waals surface area contributed by atoms with E-state index < -0.39 is 29.7 Å². The molecule has 0 aliphatic carbocycles. The van der Waals surface area contributed by atoms with E-state index in [1.54, 1.807) is 52.0 Å². The fourth-order valence-electron chi connectivity index (χ4n) is 1.84. The fraction of sp³-hybridized carbons (Fsp3) is 0.500. The Hall–Kier alpha value is -1.87. The van der Waals surface area contributed by atoms with Gasteiger partial charge in [-0.1, -0.05) is 33.7 Å². The number of benzene rings is 1. The molecule has 0 saturated heterocycles. The van der Waals surface area contributed by atoms with Crippen molar-refractivity contribution in [3.05, 3.63) is 29.8 Å². The van der Waals surface area contributed by atoms with Gasteiger partial charge < -0.3 is 19.5 Å². The topological polar surface area (TPSA) is 90.9 Å². The first kappa shape index (κ1) is 23.2. The Morgan fingerprint density at radius 1 is 1.19 bits per heavy atom. The first-order chi connectivity index (χ1) is 12.7. The second-order valence-electron chi connectivity index (χ2n) is 6.31. The van der Waals surface area contributed by atoms with Gasteiger partial charge >= 0.3 is 18.0 Å². The van der Waals surface area contributed by atoms with Crippen molar-refractivity contribution in [3.8, 4) is 0 Å². The molecule has 27 heavy (non-hydrogen) atoms. The van der Waals surface area contributed by atoms with Gasteiger partial charge in [0.1, 0.15) is 11.6 Å². The molecule has 0 heterocycles. The van der Waals surface area contributed by atoms with Crippen molar-refractivity contribution in [3.63, 3.8) is 0 Å². The molecule has 0 aliphatic heterocycles. The zero-order valence-corrected chi connectivity index (χ0v) is 17.7. The highest BCUT2D eigenvalue weighted by Crippen LogP contribution is 2.34. The third kappa shape index (κ3) is 8.57. The standard InChI is InChI=1S/C18H25NO6S2/c1-6-24-16(21)13(19-17(22)25-18(2,3)4)11-26-27-14-10-8-7-9-12(14)15(20)23-5/h7-10,13H,6,11H2,1-5H3,(H,19,22). The van der Waals surface area contributed by atoms with Crippen molar-refractivity contribution >= 4 is 39.6 Å². The third-order valence-corrected chi connectivity index (χ3v) is 5.36. The van der Waals surface area contributed by atoms with Crippen LogP contribution in [0.2, 0.25) is 0 Å². The maximum Gasteiger partial charge on any atom is 0.408 e. The van der Waals surface area contributed by atoms with Gasteiger partial charge in [-0.25, -0.2) is 14.4 Å². The monoisotopic (exact) mass is 415 g/mol. The lowest BCUT2D eigenvalue weighted by molar-refractivity contribution is -0.144. The van der Waals surface area contributed by atoms with E-state index in [-0.39, 0.29) is 12.4 Å². The Morgan fingerprint density at radius 3 is 2.44 bits per heavy atom. The van der Waals surface area contributed by atoms with E-state index in [2.05, 4.69) is 5.32 Å². The lowest BCUT2D eigenvalue weighted by Crippen LogP contribution is -2.45. The van der Waals surface area contributed by atoms with E-state index in [0.29, 0.717) is 10.5 Å². The summed E-state index contributed by atoms with van der Waals surface area (Å²) in [6.07, 6.45) is -0.693. The van der Waals surface area contributed by atoms with E-state index >= 15 is 0 Å². The van der Waals surface area contributed by atoms with E-state index in [1.807, 2.05) is 0 Å². The molecule has 1 N–H and O–H groups in total. The maximum absolute atomic E-state index is 12.1. The van der Waals surface area contributed by atoms with Gasteiger partial charge in [0.2, 0.25) is 0 Å². The molecule has 0 saturated carbocycles. The summed E-state index contributed by atoms with van der Waals surface area (Å²) in [7, 11) is 3.94. The Balaban J connectivity index is 2.73. The molecule has 0 bridgehead atoms. The van der Waals surface area contributed by atoms with Crippen molar-refractivity contribution in [1.82, 2.24) is 5.32 Å². The number of alkyl carbamates (subject to hydrolysis) is 1. The number of ether oxygens (including phenoxy) is 3. The lowest BCUT2D eigenvalue weighted by atomic mass is 10.2. The molecule has 0 radical (unpaired) electrons. The molecule has 1 aromatic rings. The molecule has 0 aliphatic rings. The van der Waals surface area contributed by atoms with Gasteiger partial charge in [0.15, 0.2) is 0 Å². The number of amides is 1. The summed E-state index contributed by atoms with van der Waals surface area (Å²) in [5.74, 6) is -0.747. The zero-order chi connectivity index (χ0) is 20.4. The summed E-state index contributed by atoms with van der Waals surface area (Å²) in [6, 6.07) is 6.12. The predicted octanol–water partition coefficient (Wildman–Crippen LogP) is 3.67. The van der Waals surface area contributed by atoms with E-state index in [9.17, 15) is 14.4 Å². The molecular weight excluding hydrogens is 390 g/mol. The summed E-state index contributed by atoms with van der Waals surface area (Å²) in [5, 5.41) is 2.53. The quantitative estimate of drug-likeness (QED) is 0.391. The minimum Gasteiger partial charge on any atom is -0.465 e. The SMILES string of the molecule is CCOC(=O)C(CSSc1ccccc1C(=O)OC)NC(=O)OC(C)(C)C.